The van der Waals surface area contributed by atoms with Gasteiger partial charge < -0.3 is 4.42 Å². The van der Waals surface area contributed by atoms with Crippen LogP contribution in [0.5, 0.6) is 0 Å². The van der Waals surface area contributed by atoms with Crippen molar-refractivity contribution >= 4 is 32.9 Å². The van der Waals surface area contributed by atoms with Gasteiger partial charge in [0.1, 0.15) is 5.52 Å². The van der Waals surface area contributed by atoms with Crippen LogP contribution in [0.25, 0.3) is 11.1 Å². The summed E-state index contributed by atoms with van der Waals surface area (Å²) < 4.78 is 32.8. The third-order valence-corrected chi connectivity index (χ3v) is 7.00. The zero-order valence-electron chi connectivity index (χ0n) is 13.5. The van der Waals surface area contributed by atoms with Gasteiger partial charge in [-0.3, -0.25) is 5.10 Å². The summed E-state index contributed by atoms with van der Waals surface area (Å²) in [6.07, 6.45) is 6.49. The van der Waals surface area contributed by atoms with Crippen molar-refractivity contribution in [2.75, 3.05) is 13.1 Å². The minimum absolute atomic E-state index is 0.279. The molecule has 2 aromatic heterocycles. The lowest BCUT2D eigenvalue weighted by atomic mass is 10.2. The molecule has 1 aliphatic heterocycles. The van der Waals surface area contributed by atoms with Gasteiger partial charge in [0.2, 0.25) is 10.0 Å². The summed E-state index contributed by atoms with van der Waals surface area (Å²) in [5.41, 5.74) is 2.20. The number of piperidine rings is 1. The second kappa shape index (κ2) is 6.81. The molecule has 25 heavy (non-hydrogen) atoms. The zero-order chi connectivity index (χ0) is 17.3. The molecule has 0 saturated carbocycles. The number of aromatic amines is 1. The molecule has 3 aromatic rings. The lowest BCUT2D eigenvalue weighted by molar-refractivity contribution is 0.346. The maximum Gasteiger partial charge on any atom is 0.257 e. The molecule has 9 heteroatoms. The summed E-state index contributed by atoms with van der Waals surface area (Å²) in [6, 6.07) is 4.88. The van der Waals surface area contributed by atoms with Gasteiger partial charge in [-0.25, -0.2) is 13.4 Å². The number of nitrogens with one attached hydrogen (secondary N) is 1. The van der Waals surface area contributed by atoms with Crippen LogP contribution in [0.1, 0.15) is 24.8 Å². The largest absolute Gasteiger partial charge is 0.431 e. The first kappa shape index (κ1) is 16.6. The fourth-order valence-electron chi connectivity index (χ4n) is 2.86. The van der Waals surface area contributed by atoms with Gasteiger partial charge >= 0.3 is 0 Å². The molecule has 0 spiro atoms. The zero-order valence-corrected chi connectivity index (χ0v) is 15.1. The molecular formula is C16H18N4O3S2. The predicted octanol–water partition coefficient (Wildman–Crippen LogP) is 3.02. The van der Waals surface area contributed by atoms with E-state index in [1.807, 2.05) is 6.20 Å². The number of hydrogen-bond acceptors (Lipinski definition) is 6. The monoisotopic (exact) mass is 378 g/mol. The molecule has 3 heterocycles. The maximum absolute atomic E-state index is 12.8. The predicted molar refractivity (Wildman–Crippen MR) is 94.8 cm³/mol. The molecule has 4 rings (SSSR count). The van der Waals surface area contributed by atoms with Crippen molar-refractivity contribution in [1.29, 1.82) is 0 Å². The Morgan fingerprint density at radius 3 is 2.84 bits per heavy atom. The highest BCUT2D eigenvalue weighted by Crippen LogP contribution is 2.29. The molecule has 0 aliphatic carbocycles. The summed E-state index contributed by atoms with van der Waals surface area (Å²) in [5, 5.41) is 7.18. The van der Waals surface area contributed by atoms with Gasteiger partial charge in [-0.05, 0) is 31.0 Å². The Kier molecular flexibility index (Phi) is 4.53. The van der Waals surface area contributed by atoms with E-state index in [9.17, 15) is 8.42 Å². The molecular weight excluding hydrogens is 360 g/mol. The van der Waals surface area contributed by atoms with E-state index in [0.29, 0.717) is 35.2 Å². The number of oxazole rings is 1. The van der Waals surface area contributed by atoms with E-state index in [1.165, 1.54) is 11.8 Å². The van der Waals surface area contributed by atoms with Crippen LogP contribution in [0.2, 0.25) is 0 Å². The van der Waals surface area contributed by atoms with Gasteiger partial charge in [0, 0.05) is 30.6 Å². The number of thioether (sulfide) groups is 1. The molecule has 1 aromatic carbocycles. The molecule has 0 radical (unpaired) electrons. The summed E-state index contributed by atoms with van der Waals surface area (Å²) in [7, 11) is -3.46. The van der Waals surface area contributed by atoms with Crippen molar-refractivity contribution in [3.63, 3.8) is 0 Å². The molecule has 0 bridgehead atoms. The summed E-state index contributed by atoms with van der Waals surface area (Å²) in [4.78, 5) is 4.69. The summed E-state index contributed by atoms with van der Waals surface area (Å²) in [5.74, 6) is 0.683. The van der Waals surface area contributed by atoms with Gasteiger partial charge in [-0.1, -0.05) is 18.2 Å². The van der Waals surface area contributed by atoms with Crippen molar-refractivity contribution in [2.24, 2.45) is 0 Å². The maximum atomic E-state index is 12.8. The van der Waals surface area contributed by atoms with E-state index < -0.39 is 10.0 Å². The topological polar surface area (TPSA) is 92.1 Å². The van der Waals surface area contributed by atoms with Crippen LogP contribution in [0.15, 0.2) is 45.1 Å². The number of hydrogen-bond donors (Lipinski definition) is 1. The van der Waals surface area contributed by atoms with Crippen LogP contribution in [0.4, 0.5) is 0 Å². The Bertz CT molecular complexity index is 961. The molecule has 0 atom stereocenters. The van der Waals surface area contributed by atoms with E-state index in [2.05, 4.69) is 15.2 Å². The Labute approximate surface area is 149 Å². The first-order chi connectivity index (χ1) is 12.1. The number of benzene rings is 1. The highest BCUT2D eigenvalue weighted by molar-refractivity contribution is 7.98. The standard InChI is InChI=1S/C16H18N4O3S2/c21-25(22,20-6-2-1-3-7-20)13-4-5-15-14(8-13)19-16(23-15)24-11-12-9-17-18-10-12/h4-5,8-10H,1-3,6-7,11H2,(H,17,18). The number of rotatable bonds is 5. The Morgan fingerprint density at radius 2 is 2.08 bits per heavy atom. The third kappa shape index (κ3) is 3.44. The van der Waals surface area contributed by atoms with Crippen molar-refractivity contribution in [3.8, 4) is 0 Å². The number of sulfonamides is 1. The van der Waals surface area contributed by atoms with Crippen molar-refractivity contribution in [1.82, 2.24) is 19.5 Å². The van der Waals surface area contributed by atoms with E-state index in [4.69, 9.17) is 4.42 Å². The fraction of sp³-hybridized carbons (Fsp3) is 0.375. The molecule has 1 saturated heterocycles. The van der Waals surface area contributed by atoms with Crippen LogP contribution in [-0.4, -0.2) is 41.0 Å². The second-order valence-corrected chi connectivity index (χ2v) is 8.83. The van der Waals surface area contributed by atoms with Crippen molar-refractivity contribution in [3.05, 3.63) is 36.2 Å². The van der Waals surface area contributed by atoms with Crippen LogP contribution in [0, 0.1) is 0 Å². The number of fused-ring (bicyclic) bond motifs is 1. The highest BCUT2D eigenvalue weighted by atomic mass is 32.2. The van der Waals surface area contributed by atoms with E-state index in [1.54, 1.807) is 28.7 Å². The molecule has 0 unspecified atom stereocenters. The Balaban J connectivity index is 1.57. The quantitative estimate of drug-likeness (QED) is 0.686. The summed E-state index contributed by atoms with van der Waals surface area (Å²) >= 11 is 1.45. The lowest BCUT2D eigenvalue weighted by Crippen LogP contribution is -2.35. The van der Waals surface area contributed by atoms with Gasteiger partial charge in [0.25, 0.3) is 5.22 Å². The van der Waals surface area contributed by atoms with Crippen LogP contribution < -0.4 is 0 Å². The van der Waals surface area contributed by atoms with Crippen molar-refractivity contribution in [2.45, 2.75) is 35.1 Å². The lowest BCUT2D eigenvalue weighted by Gasteiger charge is -2.25. The highest BCUT2D eigenvalue weighted by Gasteiger charge is 2.26. The van der Waals surface area contributed by atoms with Gasteiger partial charge in [-0.2, -0.15) is 9.40 Å². The van der Waals surface area contributed by atoms with Crippen LogP contribution in [-0.2, 0) is 15.8 Å². The number of nitrogens with zero attached hydrogens (tertiary/aromatic N) is 3. The number of aromatic nitrogens is 3. The first-order valence-electron chi connectivity index (χ1n) is 8.14. The van der Waals surface area contributed by atoms with E-state index in [-0.39, 0.29) is 4.90 Å². The fourth-order valence-corrected chi connectivity index (χ4v) is 5.16. The average Bonchev–Trinajstić information content (AvgIpc) is 3.29. The minimum Gasteiger partial charge on any atom is -0.431 e. The van der Waals surface area contributed by atoms with Crippen LogP contribution >= 0.6 is 11.8 Å². The third-order valence-electron chi connectivity index (χ3n) is 4.21. The molecule has 7 nitrogen and oxygen atoms in total. The molecule has 1 N–H and O–H groups in total. The van der Waals surface area contributed by atoms with Crippen LogP contribution in [0.3, 0.4) is 0 Å². The molecule has 1 fully saturated rings. The minimum atomic E-state index is -3.46. The van der Waals surface area contributed by atoms with Gasteiger partial charge in [-0.15, -0.1) is 0 Å². The van der Waals surface area contributed by atoms with Crippen molar-refractivity contribution < 1.29 is 12.8 Å². The SMILES string of the molecule is O=S(=O)(c1ccc2oc(SCc3cn[nH]c3)nc2c1)N1CCCCC1. The van der Waals surface area contributed by atoms with E-state index in [0.717, 1.165) is 24.8 Å². The first-order valence-corrected chi connectivity index (χ1v) is 10.6. The van der Waals surface area contributed by atoms with Gasteiger partial charge in [0.15, 0.2) is 5.58 Å². The number of H-pyrrole nitrogens is 1. The van der Waals surface area contributed by atoms with Gasteiger partial charge in [0.05, 0.1) is 11.1 Å². The average molecular weight is 378 g/mol. The normalized spacial score (nSPS) is 16.5. The Hall–Kier alpha value is -1.84. The molecule has 132 valence electrons. The molecule has 1 aliphatic rings. The smallest absolute Gasteiger partial charge is 0.257 e. The second-order valence-electron chi connectivity index (χ2n) is 5.97. The summed E-state index contributed by atoms with van der Waals surface area (Å²) in [6.45, 7) is 1.18. The molecule has 0 amide bonds. The van der Waals surface area contributed by atoms with E-state index >= 15 is 0 Å². The Morgan fingerprint density at radius 1 is 1.24 bits per heavy atom.